The average molecular weight is 483 g/mol. The molecule has 0 N–H and O–H groups in total. The van der Waals surface area contributed by atoms with E-state index in [0.717, 1.165) is 0 Å². The third kappa shape index (κ3) is 5.05. The SMILES string of the molecule is COc1cc(/C=C2\N=C(c3ccc(F)cc3)OC2=O)cc(Cl)c1OCc1cccc([N+](=O)[O-])c1. The summed E-state index contributed by atoms with van der Waals surface area (Å²) in [5.41, 5.74) is 1.52. The van der Waals surface area contributed by atoms with Crippen molar-refractivity contribution in [2.75, 3.05) is 7.11 Å². The Morgan fingerprint density at radius 2 is 1.94 bits per heavy atom. The Morgan fingerprint density at radius 3 is 2.65 bits per heavy atom. The Balaban J connectivity index is 1.57. The zero-order chi connectivity index (χ0) is 24.2. The number of nitrogens with zero attached hydrogens (tertiary/aromatic N) is 2. The number of nitro groups is 1. The van der Waals surface area contributed by atoms with Crippen molar-refractivity contribution in [2.45, 2.75) is 6.61 Å². The molecule has 0 aliphatic carbocycles. The fraction of sp³-hybridized carbons (Fsp3) is 0.0833. The second-order valence-corrected chi connectivity index (χ2v) is 7.50. The molecule has 8 nitrogen and oxygen atoms in total. The highest BCUT2D eigenvalue weighted by atomic mass is 35.5. The maximum Gasteiger partial charge on any atom is 0.363 e. The number of rotatable bonds is 7. The van der Waals surface area contributed by atoms with Gasteiger partial charge in [0.05, 0.1) is 17.1 Å². The summed E-state index contributed by atoms with van der Waals surface area (Å²) < 4.78 is 29.5. The molecule has 0 unspecified atom stereocenters. The smallest absolute Gasteiger partial charge is 0.363 e. The Morgan fingerprint density at radius 1 is 1.18 bits per heavy atom. The van der Waals surface area contributed by atoms with Gasteiger partial charge in [-0.25, -0.2) is 14.2 Å². The number of hydrogen-bond donors (Lipinski definition) is 0. The van der Waals surface area contributed by atoms with Crippen LogP contribution in [-0.4, -0.2) is 23.9 Å². The Bertz CT molecular complexity index is 1340. The van der Waals surface area contributed by atoms with Crippen LogP contribution in [0, 0.1) is 15.9 Å². The summed E-state index contributed by atoms with van der Waals surface area (Å²) >= 11 is 6.39. The van der Waals surface area contributed by atoms with Crippen LogP contribution < -0.4 is 9.47 Å². The minimum absolute atomic E-state index is 0.0237. The number of cyclic esters (lactones) is 1. The van der Waals surface area contributed by atoms with Crippen LogP contribution >= 0.6 is 11.6 Å². The predicted molar refractivity (Wildman–Crippen MR) is 122 cm³/mol. The fourth-order valence-electron chi connectivity index (χ4n) is 3.16. The van der Waals surface area contributed by atoms with Gasteiger partial charge in [-0.15, -0.1) is 0 Å². The maximum atomic E-state index is 13.1. The van der Waals surface area contributed by atoms with E-state index in [0.29, 0.717) is 22.4 Å². The van der Waals surface area contributed by atoms with Gasteiger partial charge in [0.1, 0.15) is 12.4 Å². The standard InChI is InChI=1S/C24H16ClFN2O6/c1-32-21-12-15(11-20-24(29)34-23(27-20)16-5-7-17(26)8-6-16)10-19(25)22(21)33-13-14-3-2-4-18(9-14)28(30)31/h2-12H,13H2,1H3/b20-11-. The number of carbonyl (C=O) groups excluding carboxylic acids is 1. The van der Waals surface area contributed by atoms with Crippen LogP contribution in [0.15, 0.2) is 71.4 Å². The number of hydrogen-bond acceptors (Lipinski definition) is 7. The molecule has 0 fully saturated rings. The van der Waals surface area contributed by atoms with Crippen LogP contribution in [0.5, 0.6) is 11.5 Å². The molecule has 1 heterocycles. The summed E-state index contributed by atoms with van der Waals surface area (Å²) in [5.74, 6) is -0.494. The van der Waals surface area contributed by atoms with Gasteiger partial charge in [-0.2, -0.15) is 0 Å². The molecular formula is C24H16ClFN2O6. The lowest BCUT2D eigenvalue weighted by molar-refractivity contribution is -0.384. The molecular weight excluding hydrogens is 467 g/mol. The lowest BCUT2D eigenvalue weighted by Gasteiger charge is -2.13. The van der Waals surface area contributed by atoms with Gasteiger partial charge in [-0.1, -0.05) is 23.7 Å². The minimum Gasteiger partial charge on any atom is -0.493 e. The van der Waals surface area contributed by atoms with Crippen molar-refractivity contribution in [3.63, 3.8) is 0 Å². The number of halogens is 2. The number of benzene rings is 3. The van der Waals surface area contributed by atoms with E-state index in [1.807, 2.05) is 0 Å². The second-order valence-electron chi connectivity index (χ2n) is 7.09. The molecule has 3 aromatic rings. The molecule has 0 atom stereocenters. The lowest BCUT2D eigenvalue weighted by atomic mass is 10.1. The topological polar surface area (TPSA) is 100 Å². The summed E-state index contributed by atoms with van der Waals surface area (Å²) in [7, 11) is 1.43. The molecule has 1 aliphatic rings. The van der Waals surface area contributed by atoms with Gasteiger partial charge in [0.2, 0.25) is 5.90 Å². The van der Waals surface area contributed by atoms with Crippen LogP contribution in [0.25, 0.3) is 6.08 Å². The third-order valence-electron chi connectivity index (χ3n) is 4.77. The number of nitro benzene ring substituents is 1. The maximum absolute atomic E-state index is 13.1. The summed E-state index contributed by atoms with van der Waals surface area (Å²) in [4.78, 5) is 26.9. The van der Waals surface area contributed by atoms with Crippen molar-refractivity contribution in [3.05, 3.63) is 104 Å². The zero-order valence-corrected chi connectivity index (χ0v) is 18.4. The van der Waals surface area contributed by atoms with Crippen LogP contribution in [0.2, 0.25) is 5.02 Å². The number of methoxy groups -OCH3 is 1. The van der Waals surface area contributed by atoms with E-state index >= 15 is 0 Å². The summed E-state index contributed by atoms with van der Waals surface area (Å²) in [6, 6.07) is 14.6. The number of carbonyl (C=O) groups is 1. The molecule has 0 spiro atoms. The van der Waals surface area contributed by atoms with Gasteiger partial charge in [-0.3, -0.25) is 10.1 Å². The van der Waals surface area contributed by atoms with Crippen LogP contribution in [-0.2, 0) is 16.1 Å². The normalized spacial score (nSPS) is 14.0. The molecule has 34 heavy (non-hydrogen) atoms. The zero-order valence-electron chi connectivity index (χ0n) is 17.7. The van der Waals surface area contributed by atoms with E-state index < -0.39 is 16.7 Å². The van der Waals surface area contributed by atoms with Gasteiger partial charge in [-0.05, 0) is 53.6 Å². The molecule has 0 saturated carbocycles. The van der Waals surface area contributed by atoms with Crippen LogP contribution in [0.4, 0.5) is 10.1 Å². The largest absolute Gasteiger partial charge is 0.493 e. The van der Waals surface area contributed by atoms with E-state index in [9.17, 15) is 19.3 Å². The van der Waals surface area contributed by atoms with Crippen molar-refractivity contribution in [1.82, 2.24) is 0 Å². The quantitative estimate of drug-likeness (QED) is 0.195. The highest BCUT2D eigenvalue weighted by Crippen LogP contribution is 2.38. The molecule has 0 saturated heterocycles. The molecule has 3 aromatic carbocycles. The lowest BCUT2D eigenvalue weighted by Crippen LogP contribution is -2.05. The summed E-state index contributed by atoms with van der Waals surface area (Å²) in [6.07, 6.45) is 1.47. The first-order chi connectivity index (χ1) is 16.3. The van der Waals surface area contributed by atoms with Gasteiger partial charge in [0.25, 0.3) is 5.69 Å². The third-order valence-corrected chi connectivity index (χ3v) is 5.05. The van der Waals surface area contributed by atoms with E-state index in [1.165, 1.54) is 49.6 Å². The number of non-ortho nitro benzene ring substituents is 1. The number of aliphatic imine (C=N–C) groups is 1. The van der Waals surface area contributed by atoms with E-state index in [-0.39, 0.29) is 34.7 Å². The van der Waals surface area contributed by atoms with Crippen molar-refractivity contribution >= 4 is 35.2 Å². The first-order valence-electron chi connectivity index (χ1n) is 9.86. The van der Waals surface area contributed by atoms with E-state index in [1.54, 1.807) is 24.3 Å². The Kier molecular flexibility index (Phi) is 6.55. The Labute approximate surface area is 198 Å². The van der Waals surface area contributed by atoms with Gasteiger partial charge in [0.15, 0.2) is 17.2 Å². The van der Waals surface area contributed by atoms with E-state index in [2.05, 4.69) is 4.99 Å². The minimum atomic E-state index is -0.666. The summed E-state index contributed by atoms with van der Waals surface area (Å²) in [5, 5.41) is 11.2. The molecule has 0 aromatic heterocycles. The predicted octanol–water partition coefficient (Wildman–Crippen LogP) is 5.32. The fourth-order valence-corrected chi connectivity index (χ4v) is 3.44. The highest BCUT2D eigenvalue weighted by Gasteiger charge is 2.24. The molecule has 0 radical (unpaired) electrons. The molecule has 172 valence electrons. The first kappa shape index (κ1) is 22.9. The molecule has 4 rings (SSSR count). The van der Waals surface area contributed by atoms with Gasteiger partial charge >= 0.3 is 5.97 Å². The van der Waals surface area contributed by atoms with Crippen molar-refractivity contribution < 1.29 is 28.3 Å². The van der Waals surface area contributed by atoms with Gasteiger partial charge < -0.3 is 14.2 Å². The van der Waals surface area contributed by atoms with Crippen molar-refractivity contribution in [3.8, 4) is 11.5 Å². The molecule has 1 aliphatic heterocycles. The Hall–Kier alpha value is -4.24. The average Bonchev–Trinajstić information content (AvgIpc) is 3.18. The molecule has 10 heteroatoms. The highest BCUT2D eigenvalue weighted by molar-refractivity contribution is 6.32. The van der Waals surface area contributed by atoms with Crippen molar-refractivity contribution in [2.24, 2.45) is 4.99 Å². The second kappa shape index (κ2) is 9.72. The van der Waals surface area contributed by atoms with Crippen LogP contribution in [0.3, 0.4) is 0 Å². The molecule has 0 bridgehead atoms. The summed E-state index contributed by atoms with van der Waals surface area (Å²) in [6.45, 7) is 0.0237. The van der Waals surface area contributed by atoms with Crippen molar-refractivity contribution in [1.29, 1.82) is 0 Å². The molecule has 0 amide bonds. The van der Waals surface area contributed by atoms with Gasteiger partial charge in [0, 0.05) is 17.7 Å². The number of esters is 1. The first-order valence-corrected chi connectivity index (χ1v) is 10.2. The van der Waals surface area contributed by atoms with E-state index in [4.69, 9.17) is 25.8 Å². The number of ether oxygens (including phenoxy) is 3. The van der Waals surface area contributed by atoms with Crippen LogP contribution in [0.1, 0.15) is 16.7 Å². The monoisotopic (exact) mass is 482 g/mol.